The first-order valence-electron chi connectivity index (χ1n) is 6.22. The molecule has 0 heterocycles. The molecule has 3 N–H and O–H groups in total. The molecular formula is C12H21N3O5. The van der Waals surface area contributed by atoms with Gasteiger partial charge in [0.2, 0.25) is 0 Å². The summed E-state index contributed by atoms with van der Waals surface area (Å²) in [6.45, 7) is 5.36. The molecule has 0 bridgehead atoms. The second-order valence-electron chi connectivity index (χ2n) is 5.64. The lowest BCUT2D eigenvalue weighted by Crippen LogP contribution is -2.48. The molecule has 20 heavy (non-hydrogen) atoms. The average molecular weight is 287 g/mol. The maximum Gasteiger partial charge on any atom is 0.331 e. The van der Waals surface area contributed by atoms with Crippen molar-refractivity contribution in [2.24, 2.45) is 16.2 Å². The first-order chi connectivity index (χ1) is 9.29. The van der Waals surface area contributed by atoms with Crippen molar-refractivity contribution >= 4 is 18.2 Å². The van der Waals surface area contributed by atoms with E-state index in [0.29, 0.717) is 12.8 Å². The van der Waals surface area contributed by atoms with Crippen molar-refractivity contribution in [3.8, 4) is 0 Å². The zero-order valence-corrected chi connectivity index (χ0v) is 12.1. The Balaban J connectivity index is 2.80. The minimum Gasteiger partial charge on any atom is -0.467 e. The number of esters is 1. The highest BCUT2D eigenvalue weighted by Crippen LogP contribution is 2.46. The fourth-order valence-electron chi connectivity index (χ4n) is 1.98. The topological polar surface area (TPSA) is 113 Å². The molecule has 0 aliphatic heterocycles. The van der Waals surface area contributed by atoms with E-state index in [4.69, 9.17) is 19.9 Å². The van der Waals surface area contributed by atoms with Crippen LogP contribution < -0.4 is 5.32 Å². The third-order valence-electron chi connectivity index (χ3n) is 2.95. The minimum absolute atomic E-state index is 0.119. The molecule has 0 aromatic rings. The monoisotopic (exact) mass is 287 g/mol. The molecule has 0 saturated heterocycles. The molecule has 0 radical (unpaired) electrons. The van der Waals surface area contributed by atoms with Crippen LogP contribution in [0.4, 0.5) is 0 Å². The number of ether oxygens (including phenoxy) is 2. The van der Waals surface area contributed by atoms with E-state index in [1.165, 1.54) is 13.3 Å². The summed E-state index contributed by atoms with van der Waals surface area (Å²) in [5.41, 5.74) is -1.59. The molecule has 0 aromatic carbocycles. The van der Waals surface area contributed by atoms with Crippen LogP contribution in [-0.4, -0.2) is 46.9 Å². The van der Waals surface area contributed by atoms with Crippen LogP contribution in [0.2, 0.25) is 0 Å². The quantitative estimate of drug-likeness (QED) is 0.233. The smallest absolute Gasteiger partial charge is 0.331 e. The lowest BCUT2D eigenvalue weighted by Gasteiger charge is -2.25. The molecule has 0 amide bonds. The molecule has 1 rings (SSSR count). The van der Waals surface area contributed by atoms with Gasteiger partial charge in [0.25, 0.3) is 0 Å². The van der Waals surface area contributed by atoms with Crippen molar-refractivity contribution in [3.63, 3.8) is 0 Å². The van der Waals surface area contributed by atoms with E-state index in [0.717, 1.165) is 0 Å². The predicted molar refractivity (Wildman–Crippen MR) is 70.9 cm³/mol. The molecule has 1 saturated carbocycles. The number of nitrogens with zero attached hydrogens (tertiary/aromatic N) is 2. The van der Waals surface area contributed by atoms with Gasteiger partial charge in [-0.25, -0.2) is 4.79 Å². The first kappa shape index (κ1) is 16.1. The summed E-state index contributed by atoms with van der Waals surface area (Å²) in [6.07, 6.45) is 2.17. The summed E-state index contributed by atoms with van der Waals surface area (Å²) in [4.78, 5) is 11.9. The van der Waals surface area contributed by atoms with Crippen molar-refractivity contribution in [1.29, 1.82) is 0 Å². The van der Waals surface area contributed by atoms with Gasteiger partial charge in [-0.3, -0.25) is 0 Å². The molecule has 114 valence electrons. The summed E-state index contributed by atoms with van der Waals surface area (Å²) in [7, 11) is 1.28. The zero-order valence-electron chi connectivity index (χ0n) is 12.1. The Hall–Kier alpha value is -1.99. The second kappa shape index (κ2) is 5.98. The second-order valence-corrected chi connectivity index (χ2v) is 5.64. The molecule has 8 heteroatoms. The lowest BCUT2D eigenvalue weighted by atomic mass is 10.1. The average Bonchev–Trinajstić information content (AvgIpc) is 3.07. The van der Waals surface area contributed by atoms with E-state index in [1.807, 2.05) is 0 Å². The number of methoxy groups -OCH3 is 1. The SMILES string of the molecule is COC(=O)C1(NC(=NO)OC(C)(C)C)CC1CC=NO. The molecule has 1 fully saturated rings. The van der Waals surface area contributed by atoms with Gasteiger partial charge in [0, 0.05) is 12.1 Å². The Kier molecular flexibility index (Phi) is 4.80. The summed E-state index contributed by atoms with van der Waals surface area (Å²) < 4.78 is 10.2. The van der Waals surface area contributed by atoms with Crippen LogP contribution in [0.25, 0.3) is 0 Å². The van der Waals surface area contributed by atoms with Gasteiger partial charge in [-0.15, -0.1) is 5.16 Å². The zero-order chi connectivity index (χ0) is 15.4. The van der Waals surface area contributed by atoms with Crippen LogP contribution in [0.3, 0.4) is 0 Å². The van der Waals surface area contributed by atoms with Crippen molar-refractivity contribution in [1.82, 2.24) is 5.32 Å². The number of carbonyl (C=O) groups is 1. The van der Waals surface area contributed by atoms with Crippen molar-refractivity contribution in [3.05, 3.63) is 0 Å². The number of hydrogen-bond donors (Lipinski definition) is 3. The third kappa shape index (κ3) is 3.75. The van der Waals surface area contributed by atoms with Crippen LogP contribution in [0, 0.1) is 5.92 Å². The maximum absolute atomic E-state index is 11.9. The number of hydrogen-bond acceptors (Lipinski definition) is 7. The van der Waals surface area contributed by atoms with E-state index in [-0.39, 0.29) is 11.9 Å². The van der Waals surface area contributed by atoms with Crippen LogP contribution in [0.5, 0.6) is 0 Å². The normalized spacial score (nSPS) is 26.4. The number of oxime groups is 2. The maximum atomic E-state index is 11.9. The Morgan fingerprint density at radius 2 is 2.15 bits per heavy atom. The molecule has 2 unspecified atom stereocenters. The van der Waals surface area contributed by atoms with Gasteiger partial charge >= 0.3 is 12.0 Å². The van der Waals surface area contributed by atoms with Crippen LogP contribution >= 0.6 is 0 Å². The number of rotatable bonds is 4. The van der Waals surface area contributed by atoms with Gasteiger partial charge in [0.15, 0.2) is 0 Å². The van der Waals surface area contributed by atoms with Gasteiger partial charge in [-0.1, -0.05) is 0 Å². The summed E-state index contributed by atoms with van der Waals surface area (Å²) >= 11 is 0. The van der Waals surface area contributed by atoms with Crippen LogP contribution in [0.15, 0.2) is 10.3 Å². The van der Waals surface area contributed by atoms with E-state index < -0.39 is 17.1 Å². The molecule has 8 nitrogen and oxygen atoms in total. The van der Waals surface area contributed by atoms with E-state index in [9.17, 15) is 4.79 Å². The largest absolute Gasteiger partial charge is 0.467 e. The summed E-state index contributed by atoms with van der Waals surface area (Å²) in [5, 5.41) is 26.1. The molecule has 0 spiro atoms. The van der Waals surface area contributed by atoms with E-state index in [1.54, 1.807) is 20.8 Å². The third-order valence-corrected chi connectivity index (χ3v) is 2.95. The van der Waals surface area contributed by atoms with Gasteiger partial charge in [-0.05, 0) is 38.8 Å². The van der Waals surface area contributed by atoms with Gasteiger partial charge in [-0.2, -0.15) is 0 Å². The highest BCUT2D eigenvalue weighted by atomic mass is 16.6. The van der Waals surface area contributed by atoms with Gasteiger partial charge in [0.05, 0.1) is 7.11 Å². The Morgan fingerprint density at radius 3 is 2.60 bits per heavy atom. The fourth-order valence-corrected chi connectivity index (χ4v) is 1.98. The summed E-state index contributed by atoms with van der Waals surface area (Å²) in [6, 6.07) is -0.147. The van der Waals surface area contributed by atoms with E-state index in [2.05, 4.69) is 15.6 Å². The summed E-state index contributed by atoms with van der Waals surface area (Å²) in [5.74, 6) is -0.598. The number of nitrogens with one attached hydrogen (secondary N) is 1. The molecule has 1 aliphatic carbocycles. The first-order valence-corrected chi connectivity index (χ1v) is 6.22. The molecule has 0 aromatic heterocycles. The molecule has 1 aliphatic rings. The van der Waals surface area contributed by atoms with Gasteiger partial charge < -0.3 is 25.2 Å². The fraction of sp³-hybridized carbons (Fsp3) is 0.750. The predicted octanol–water partition coefficient (Wildman–Crippen LogP) is 0.918. The molecule has 2 atom stereocenters. The van der Waals surface area contributed by atoms with Crippen molar-refractivity contribution < 1.29 is 24.7 Å². The number of amidine groups is 1. The van der Waals surface area contributed by atoms with Crippen LogP contribution in [-0.2, 0) is 14.3 Å². The lowest BCUT2D eigenvalue weighted by molar-refractivity contribution is -0.144. The van der Waals surface area contributed by atoms with Crippen LogP contribution in [0.1, 0.15) is 33.6 Å². The Labute approximate surface area is 117 Å². The van der Waals surface area contributed by atoms with Gasteiger partial charge in [0.1, 0.15) is 11.1 Å². The Bertz CT molecular complexity index is 416. The van der Waals surface area contributed by atoms with Crippen molar-refractivity contribution in [2.45, 2.75) is 44.8 Å². The molecular weight excluding hydrogens is 266 g/mol. The standard InChI is InChI=1S/C12H21N3O5/c1-11(2,3)20-10(15-18)14-12(9(16)19-4)7-8(12)5-6-13-17/h6,8,17-18H,5,7H2,1-4H3,(H,14,15). The van der Waals surface area contributed by atoms with Crippen molar-refractivity contribution in [2.75, 3.05) is 7.11 Å². The Morgan fingerprint density at radius 1 is 1.50 bits per heavy atom. The van der Waals surface area contributed by atoms with E-state index >= 15 is 0 Å². The highest BCUT2D eigenvalue weighted by Gasteiger charge is 2.62. The minimum atomic E-state index is -1.01. The number of carbonyl (C=O) groups excluding carboxylic acids is 1. The highest BCUT2D eigenvalue weighted by molar-refractivity contribution is 5.91.